The molecular weight excluding hydrogens is 344 g/mol. The van der Waals surface area contributed by atoms with E-state index < -0.39 is 0 Å². The molecule has 2 N–H and O–H groups in total. The second-order valence-electron chi connectivity index (χ2n) is 6.40. The summed E-state index contributed by atoms with van der Waals surface area (Å²) in [5, 5.41) is 5.67. The van der Waals surface area contributed by atoms with Gasteiger partial charge in [0.05, 0.1) is 37.0 Å². The number of aromatic nitrogens is 2. The zero-order valence-electron chi connectivity index (χ0n) is 14.9. The van der Waals surface area contributed by atoms with E-state index in [9.17, 15) is 4.79 Å². The third kappa shape index (κ3) is 4.27. The topological polar surface area (TPSA) is 77.4 Å². The summed E-state index contributed by atoms with van der Waals surface area (Å²) in [7, 11) is 0. The van der Waals surface area contributed by atoms with Crippen LogP contribution in [0.5, 0.6) is 0 Å². The lowest BCUT2D eigenvalue weighted by Gasteiger charge is -2.23. The number of carbonyl (C=O) groups is 1. The summed E-state index contributed by atoms with van der Waals surface area (Å²) in [6.07, 6.45) is 1.75. The number of para-hydroxylation sites is 2. The van der Waals surface area contributed by atoms with Crippen LogP contribution in [0.2, 0.25) is 0 Å². The van der Waals surface area contributed by atoms with Crippen LogP contribution in [-0.2, 0) is 16.0 Å². The zero-order valence-corrected chi connectivity index (χ0v) is 14.9. The van der Waals surface area contributed by atoms with Crippen molar-refractivity contribution in [3.8, 4) is 5.69 Å². The summed E-state index contributed by atoms with van der Waals surface area (Å²) in [6.45, 7) is 2.61. The van der Waals surface area contributed by atoms with Gasteiger partial charge in [-0.05, 0) is 29.8 Å². The van der Waals surface area contributed by atoms with Gasteiger partial charge in [0, 0.05) is 18.8 Å². The molecule has 7 heteroatoms. The number of nitrogens with one attached hydrogen (secondary N) is 2. The highest BCUT2D eigenvalue weighted by atomic mass is 16.6. The second-order valence-corrected chi connectivity index (χ2v) is 6.40. The number of benzene rings is 2. The van der Waals surface area contributed by atoms with Crippen LogP contribution in [0.15, 0.2) is 54.9 Å². The number of fused-ring (bicyclic) bond motifs is 1. The molecule has 1 aliphatic heterocycles. The third-order valence-corrected chi connectivity index (χ3v) is 4.50. The average Bonchev–Trinajstić information content (AvgIpc) is 3.16. The van der Waals surface area contributed by atoms with Gasteiger partial charge in [0.15, 0.2) is 0 Å². The van der Waals surface area contributed by atoms with Gasteiger partial charge in [-0.3, -0.25) is 4.57 Å². The highest BCUT2D eigenvalue weighted by molar-refractivity contribution is 5.77. The minimum absolute atomic E-state index is 0.0752. The number of urea groups is 1. The fourth-order valence-electron chi connectivity index (χ4n) is 3.05. The molecule has 0 bridgehead atoms. The molecule has 0 aliphatic carbocycles. The van der Waals surface area contributed by atoms with Gasteiger partial charge in [-0.1, -0.05) is 24.3 Å². The van der Waals surface area contributed by atoms with Crippen LogP contribution < -0.4 is 10.6 Å². The number of amides is 2. The van der Waals surface area contributed by atoms with Gasteiger partial charge in [-0.25, -0.2) is 9.78 Å². The van der Waals surface area contributed by atoms with Crippen molar-refractivity contribution < 1.29 is 14.3 Å². The first-order valence-corrected chi connectivity index (χ1v) is 9.02. The maximum atomic E-state index is 11.9. The van der Waals surface area contributed by atoms with E-state index in [0.29, 0.717) is 32.9 Å². The predicted molar refractivity (Wildman–Crippen MR) is 102 cm³/mol. The molecule has 140 valence electrons. The molecular formula is C20H22N4O3. The molecule has 1 saturated heterocycles. The van der Waals surface area contributed by atoms with Crippen LogP contribution in [0.25, 0.3) is 16.7 Å². The molecule has 0 unspecified atom stereocenters. The summed E-state index contributed by atoms with van der Waals surface area (Å²) < 4.78 is 12.9. The number of rotatable bonds is 5. The van der Waals surface area contributed by atoms with Crippen molar-refractivity contribution in [2.45, 2.75) is 12.6 Å². The molecule has 4 rings (SSSR count). The quantitative estimate of drug-likeness (QED) is 0.726. The first-order chi connectivity index (χ1) is 13.3. The Morgan fingerprint density at radius 3 is 2.78 bits per heavy atom. The molecule has 1 fully saturated rings. The Morgan fingerprint density at radius 1 is 1.11 bits per heavy atom. The number of hydrogen-bond donors (Lipinski definition) is 2. The molecule has 1 atom stereocenters. The van der Waals surface area contributed by atoms with Crippen molar-refractivity contribution in [1.29, 1.82) is 0 Å². The van der Waals surface area contributed by atoms with E-state index in [-0.39, 0.29) is 12.1 Å². The molecule has 1 aliphatic rings. The van der Waals surface area contributed by atoms with E-state index in [1.807, 2.05) is 59.4 Å². The molecule has 1 aromatic heterocycles. The van der Waals surface area contributed by atoms with E-state index >= 15 is 0 Å². The van der Waals surface area contributed by atoms with Crippen LogP contribution in [0.1, 0.15) is 5.56 Å². The standard InChI is InChI=1S/C20H22N4O3/c25-20(22-12-17-13-26-9-10-27-17)21-11-15-5-7-16(8-6-15)24-14-23-18-3-1-2-4-19(18)24/h1-8,14,17H,9-13H2,(H2,21,22,25)/t17-/m0/s1. The molecule has 3 aromatic rings. The molecule has 2 amide bonds. The van der Waals surface area contributed by atoms with E-state index in [2.05, 4.69) is 15.6 Å². The molecule has 7 nitrogen and oxygen atoms in total. The molecule has 0 spiro atoms. The zero-order chi connectivity index (χ0) is 18.5. The summed E-state index contributed by atoms with van der Waals surface area (Å²) >= 11 is 0. The molecule has 27 heavy (non-hydrogen) atoms. The Balaban J connectivity index is 1.31. The van der Waals surface area contributed by atoms with Gasteiger partial charge in [-0.2, -0.15) is 0 Å². The molecule has 0 radical (unpaired) electrons. The van der Waals surface area contributed by atoms with E-state index in [1.165, 1.54) is 0 Å². The number of hydrogen-bond acceptors (Lipinski definition) is 4. The van der Waals surface area contributed by atoms with Crippen molar-refractivity contribution in [3.05, 3.63) is 60.4 Å². The van der Waals surface area contributed by atoms with Gasteiger partial charge in [0.25, 0.3) is 0 Å². The largest absolute Gasteiger partial charge is 0.376 e. The summed E-state index contributed by atoms with van der Waals surface area (Å²) in [6, 6.07) is 15.9. The number of imidazole rings is 1. The van der Waals surface area contributed by atoms with Gasteiger partial charge >= 0.3 is 6.03 Å². The second kappa shape index (κ2) is 8.20. The van der Waals surface area contributed by atoms with Gasteiger partial charge < -0.3 is 20.1 Å². The Hall–Kier alpha value is -2.90. The number of ether oxygens (including phenoxy) is 2. The SMILES string of the molecule is O=C(NCc1ccc(-n2cnc3ccccc32)cc1)NC[C@H]1COCCO1. The predicted octanol–water partition coefficient (Wildman–Crippen LogP) is 2.24. The van der Waals surface area contributed by atoms with Crippen LogP contribution in [0.3, 0.4) is 0 Å². The first-order valence-electron chi connectivity index (χ1n) is 9.02. The number of carbonyl (C=O) groups excluding carboxylic acids is 1. The van der Waals surface area contributed by atoms with Crippen molar-refractivity contribution in [1.82, 2.24) is 20.2 Å². The van der Waals surface area contributed by atoms with Crippen molar-refractivity contribution in [2.24, 2.45) is 0 Å². The van der Waals surface area contributed by atoms with Crippen molar-refractivity contribution in [3.63, 3.8) is 0 Å². The average molecular weight is 366 g/mol. The maximum absolute atomic E-state index is 11.9. The Bertz CT molecular complexity index is 901. The van der Waals surface area contributed by atoms with E-state index in [0.717, 1.165) is 22.3 Å². The lowest BCUT2D eigenvalue weighted by atomic mass is 10.2. The normalized spacial score (nSPS) is 17.0. The van der Waals surface area contributed by atoms with Crippen LogP contribution in [0, 0.1) is 0 Å². The minimum Gasteiger partial charge on any atom is -0.376 e. The van der Waals surface area contributed by atoms with Gasteiger partial charge in [-0.15, -0.1) is 0 Å². The van der Waals surface area contributed by atoms with Gasteiger partial charge in [0.2, 0.25) is 0 Å². The first kappa shape index (κ1) is 17.5. The highest BCUT2D eigenvalue weighted by Gasteiger charge is 2.15. The Labute approximate surface area is 157 Å². The molecule has 2 aromatic carbocycles. The Morgan fingerprint density at radius 2 is 1.96 bits per heavy atom. The minimum atomic E-state index is -0.214. The van der Waals surface area contributed by atoms with E-state index in [4.69, 9.17) is 9.47 Å². The molecule has 0 saturated carbocycles. The lowest BCUT2D eigenvalue weighted by Crippen LogP contribution is -2.43. The van der Waals surface area contributed by atoms with E-state index in [1.54, 1.807) is 0 Å². The summed E-state index contributed by atoms with van der Waals surface area (Å²) in [5.41, 5.74) is 4.09. The monoisotopic (exact) mass is 366 g/mol. The van der Waals surface area contributed by atoms with Crippen LogP contribution >= 0.6 is 0 Å². The van der Waals surface area contributed by atoms with Crippen molar-refractivity contribution >= 4 is 17.1 Å². The summed E-state index contributed by atoms with van der Waals surface area (Å²) in [5.74, 6) is 0. The van der Waals surface area contributed by atoms with Crippen LogP contribution in [0.4, 0.5) is 4.79 Å². The maximum Gasteiger partial charge on any atom is 0.315 e. The molecule has 2 heterocycles. The third-order valence-electron chi connectivity index (χ3n) is 4.50. The summed E-state index contributed by atoms with van der Waals surface area (Å²) in [4.78, 5) is 16.3. The smallest absolute Gasteiger partial charge is 0.315 e. The highest BCUT2D eigenvalue weighted by Crippen LogP contribution is 2.18. The lowest BCUT2D eigenvalue weighted by molar-refractivity contribution is -0.0853. The Kier molecular flexibility index (Phi) is 5.32. The van der Waals surface area contributed by atoms with Crippen molar-refractivity contribution in [2.75, 3.05) is 26.4 Å². The fraction of sp³-hybridized carbons (Fsp3) is 0.300. The fourth-order valence-corrected chi connectivity index (χ4v) is 3.05. The number of nitrogens with zero attached hydrogens (tertiary/aromatic N) is 2. The van der Waals surface area contributed by atoms with Gasteiger partial charge in [0.1, 0.15) is 6.33 Å². The van der Waals surface area contributed by atoms with Crippen LogP contribution in [-0.4, -0.2) is 48.1 Å².